The van der Waals surface area contributed by atoms with Gasteiger partial charge in [0.05, 0.1) is 0 Å². The molecule has 0 amide bonds. The maximum absolute atomic E-state index is 12.8. The van der Waals surface area contributed by atoms with Crippen molar-refractivity contribution in [2.75, 3.05) is 6.54 Å². The van der Waals surface area contributed by atoms with Crippen LogP contribution in [-0.4, -0.2) is 11.5 Å². The van der Waals surface area contributed by atoms with Crippen molar-refractivity contribution in [3.8, 4) is 0 Å². The topological polar surface area (TPSA) is 38.9 Å². The zero-order valence-electron chi connectivity index (χ0n) is 6.15. The van der Waals surface area contributed by atoms with Crippen molar-refractivity contribution in [1.82, 2.24) is 4.98 Å². The second kappa shape index (κ2) is 4.03. The number of nitrogens with zero attached hydrogens (tertiary/aromatic N) is 1. The van der Waals surface area contributed by atoms with Gasteiger partial charge in [-0.3, -0.25) is 0 Å². The average molecular weight is 209 g/mol. The Kier molecular flexibility index (Phi) is 3.26. The van der Waals surface area contributed by atoms with E-state index in [1.54, 1.807) is 0 Å². The van der Waals surface area contributed by atoms with Crippen LogP contribution < -0.4 is 5.73 Å². The summed E-state index contributed by atoms with van der Waals surface area (Å²) in [4.78, 5) is 3.59. The summed E-state index contributed by atoms with van der Waals surface area (Å²) in [6.07, 6.45) is 0.500. The Morgan fingerprint density at radius 2 is 2.08 bits per heavy atom. The summed E-state index contributed by atoms with van der Waals surface area (Å²) >= 11 is 11.0. The molecule has 1 heterocycles. The monoisotopic (exact) mass is 208 g/mol. The van der Waals surface area contributed by atoms with E-state index >= 15 is 0 Å². The first kappa shape index (κ1) is 9.71. The van der Waals surface area contributed by atoms with Gasteiger partial charge in [0.15, 0.2) is 11.0 Å². The van der Waals surface area contributed by atoms with Crippen LogP contribution in [0.4, 0.5) is 4.39 Å². The van der Waals surface area contributed by atoms with E-state index in [2.05, 4.69) is 4.98 Å². The standard InChI is InChI=1S/C7H7Cl2FN2/c8-6-4(1-2-11)3-5(10)7(9)12-6/h3H,1-2,11H2. The molecule has 0 radical (unpaired) electrons. The van der Waals surface area contributed by atoms with Crippen molar-refractivity contribution in [2.45, 2.75) is 6.42 Å². The number of pyridine rings is 1. The number of hydrogen-bond acceptors (Lipinski definition) is 2. The number of nitrogens with two attached hydrogens (primary N) is 1. The van der Waals surface area contributed by atoms with Crippen molar-refractivity contribution in [3.63, 3.8) is 0 Å². The molecular formula is C7H7Cl2FN2. The zero-order valence-corrected chi connectivity index (χ0v) is 7.66. The van der Waals surface area contributed by atoms with Gasteiger partial charge in [-0.25, -0.2) is 9.37 Å². The second-order valence-corrected chi connectivity index (χ2v) is 2.97. The van der Waals surface area contributed by atoms with E-state index in [0.29, 0.717) is 18.5 Å². The van der Waals surface area contributed by atoms with Crippen molar-refractivity contribution >= 4 is 23.2 Å². The Hall–Kier alpha value is -0.380. The van der Waals surface area contributed by atoms with Gasteiger partial charge in [-0.05, 0) is 24.6 Å². The number of aromatic nitrogens is 1. The lowest BCUT2D eigenvalue weighted by Gasteiger charge is -2.02. The molecule has 0 aliphatic heterocycles. The maximum Gasteiger partial charge on any atom is 0.166 e. The van der Waals surface area contributed by atoms with Gasteiger partial charge in [0.2, 0.25) is 0 Å². The predicted molar refractivity (Wildman–Crippen MR) is 47.0 cm³/mol. The smallest absolute Gasteiger partial charge is 0.166 e. The van der Waals surface area contributed by atoms with Crippen LogP contribution in [0.1, 0.15) is 5.56 Å². The molecule has 0 aliphatic rings. The normalized spacial score (nSPS) is 10.3. The molecule has 1 aromatic rings. The van der Waals surface area contributed by atoms with Gasteiger partial charge in [0.1, 0.15) is 5.15 Å². The summed E-state index contributed by atoms with van der Waals surface area (Å²) < 4.78 is 12.8. The molecule has 2 nitrogen and oxygen atoms in total. The van der Waals surface area contributed by atoms with E-state index < -0.39 is 5.82 Å². The first-order valence-corrected chi connectivity index (χ1v) is 4.11. The molecule has 1 rings (SSSR count). The third-order valence-electron chi connectivity index (χ3n) is 1.37. The molecule has 0 saturated heterocycles. The van der Waals surface area contributed by atoms with Gasteiger partial charge in [-0.1, -0.05) is 23.2 Å². The van der Waals surface area contributed by atoms with Gasteiger partial charge >= 0.3 is 0 Å². The minimum absolute atomic E-state index is 0.208. The van der Waals surface area contributed by atoms with E-state index in [0.717, 1.165) is 0 Å². The highest BCUT2D eigenvalue weighted by Crippen LogP contribution is 2.20. The van der Waals surface area contributed by atoms with Crippen LogP contribution in [0.25, 0.3) is 0 Å². The second-order valence-electron chi connectivity index (χ2n) is 2.25. The van der Waals surface area contributed by atoms with Gasteiger partial charge in [0.25, 0.3) is 0 Å². The molecule has 1 aromatic heterocycles. The molecule has 5 heteroatoms. The van der Waals surface area contributed by atoms with E-state index in [-0.39, 0.29) is 10.3 Å². The lowest BCUT2D eigenvalue weighted by molar-refractivity contribution is 0.619. The lowest BCUT2D eigenvalue weighted by Crippen LogP contribution is -2.04. The molecule has 0 spiro atoms. The summed E-state index contributed by atoms with van der Waals surface area (Å²) in [6, 6.07) is 1.25. The van der Waals surface area contributed by atoms with E-state index in [4.69, 9.17) is 28.9 Å². The average Bonchev–Trinajstić information content (AvgIpc) is 2.01. The van der Waals surface area contributed by atoms with Gasteiger partial charge in [-0.2, -0.15) is 0 Å². The highest BCUT2D eigenvalue weighted by atomic mass is 35.5. The van der Waals surface area contributed by atoms with Gasteiger partial charge in [0, 0.05) is 0 Å². The van der Waals surface area contributed by atoms with Crippen molar-refractivity contribution in [1.29, 1.82) is 0 Å². The van der Waals surface area contributed by atoms with E-state index in [1.165, 1.54) is 6.07 Å². The Bertz CT molecular complexity index is 291. The minimum Gasteiger partial charge on any atom is -0.330 e. The molecule has 12 heavy (non-hydrogen) atoms. The quantitative estimate of drug-likeness (QED) is 0.756. The molecule has 66 valence electrons. The molecule has 0 aromatic carbocycles. The third kappa shape index (κ3) is 2.06. The number of hydrogen-bond donors (Lipinski definition) is 1. The summed E-state index contributed by atoms with van der Waals surface area (Å²) in [7, 11) is 0. The Morgan fingerprint density at radius 1 is 1.42 bits per heavy atom. The molecule has 2 N–H and O–H groups in total. The zero-order chi connectivity index (χ0) is 9.14. The predicted octanol–water partition coefficient (Wildman–Crippen LogP) is 2.03. The van der Waals surface area contributed by atoms with E-state index in [9.17, 15) is 4.39 Å². The molecular weight excluding hydrogens is 202 g/mol. The number of rotatable bonds is 2. The lowest BCUT2D eigenvalue weighted by atomic mass is 10.2. The summed E-state index contributed by atoms with van der Waals surface area (Å²) in [5.74, 6) is -0.565. The minimum atomic E-state index is -0.565. The fraction of sp³-hybridized carbons (Fsp3) is 0.286. The van der Waals surface area contributed by atoms with Crippen LogP contribution >= 0.6 is 23.2 Å². The van der Waals surface area contributed by atoms with Crippen LogP contribution in [0.15, 0.2) is 6.07 Å². The fourth-order valence-electron chi connectivity index (χ4n) is 0.814. The maximum atomic E-state index is 12.8. The van der Waals surface area contributed by atoms with E-state index in [1.807, 2.05) is 0 Å². The molecule has 0 fully saturated rings. The van der Waals surface area contributed by atoms with Crippen LogP contribution in [-0.2, 0) is 6.42 Å². The molecule has 0 atom stereocenters. The SMILES string of the molecule is NCCc1cc(F)c(Cl)nc1Cl. The highest BCUT2D eigenvalue weighted by Gasteiger charge is 2.07. The number of halogens is 3. The largest absolute Gasteiger partial charge is 0.330 e. The molecule has 0 aliphatic carbocycles. The third-order valence-corrected chi connectivity index (χ3v) is 1.97. The van der Waals surface area contributed by atoms with Crippen molar-refractivity contribution in [2.24, 2.45) is 5.73 Å². The molecule has 0 saturated carbocycles. The molecule has 0 unspecified atom stereocenters. The van der Waals surface area contributed by atoms with Crippen molar-refractivity contribution < 1.29 is 4.39 Å². The summed E-state index contributed by atoms with van der Waals surface area (Å²) in [5.41, 5.74) is 5.86. The summed E-state index contributed by atoms with van der Waals surface area (Å²) in [5, 5.41) is 0.00706. The fourth-order valence-corrected chi connectivity index (χ4v) is 1.23. The van der Waals surface area contributed by atoms with Crippen LogP contribution in [0, 0.1) is 5.82 Å². The van der Waals surface area contributed by atoms with Crippen LogP contribution in [0.2, 0.25) is 10.3 Å². The molecule has 0 bridgehead atoms. The first-order valence-electron chi connectivity index (χ1n) is 3.35. The Morgan fingerprint density at radius 3 is 2.67 bits per heavy atom. The Labute approximate surface area is 79.5 Å². The van der Waals surface area contributed by atoms with Crippen molar-refractivity contribution in [3.05, 3.63) is 27.8 Å². The van der Waals surface area contributed by atoms with Crippen LogP contribution in [0.5, 0.6) is 0 Å². The van der Waals surface area contributed by atoms with Gasteiger partial charge < -0.3 is 5.73 Å². The van der Waals surface area contributed by atoms with Gasteiger partial charge in [-0.15, -0.1) is 0 Å². The summed E-state index contributed by atoms with van der Waals surface area (Å²) in [6.45, 7) is 0.405. The highest BCUT2D eigenvalue weighted by molar-refractivity contribution is 6.32. The van der Waals surface area contributed by atoms with Crippen LogP contribution in [0.3, 0.4) is 0 Å². The Balaban J connectivity index is 3.05. The first-order chi connectivity index (χ1) is 5.65.